The Bertz CT molecular complexity index is 626. The monoisotopic (exact) mass is 283 g/mol. The van der Waals surface area contributed by atoms with Gasteiger partial charge in [-0.05, 0) is 17.7 Å². The number of aromatic nitrogens is 2. The van der Waals surface area contributed by atoms with E-state index in [1.807, 2.05) is 0 Å². The van der Waals surface area contributed by atoms with Crippen LogP contribution < -0.4 is 15.2 Å². The molecule has 2 N–H and O–H groups in total. The summed E-state index contributed by atoms with van der Waals surface area (Å²) in [6.07, 6.45) is -1.22. The molecule has 0 atom stereocenters. The first-order valence-corrected chi connectivity index (χ1v) is 5.81. The maximum absolute atomic E-state index is 13.2. The fraction of sp³-hybridized carbons (Fsp3) is 0.308. The van der Waals surface area contributed by atoms with Gasteiger partial charge in [-0.3, -0.25) is 4.68 Å². The van der Waals surface area contributed by atoms with Gasteiger partial charge in [0.25, 0.3) is 6.43 Å². The lowest BCUT2D eigenvalue weighted by molar-refractivity contribution is 0.151. The summed E-state index contributed by atoms with van der Waals surface area (Å²) < 4.78 is 38.1. The fourth-order valence-electron chi connectivity index (χ4n) is 1.96. The summed E-state index contributed by atoms with van der Waals surface area (Å²) in [4.78, 5) is 0. The van der Waals surface area contributed by atoms with Gasteiger partial charge in [0.15, 0.2) is 11.5 Å². The van der Waals surface area contributed by atoms with E-state index in [-0.39, 0.29) is 16.9 Å². The Hall–Kier alpha value is -2.31. The molecule has 2 rings (SSSR count). The Morgan fingerprint density at radius 2 is 1.75 bits per heavy atom. The van der Waals surface area contributed by atoms with Crippen molar-refractivity contribution in [1.29, 1.82) is 0 Å². The molecule has 0 aliphatic heterocycles. The number of nitrogens with two attached hydrogens (primary N) is 1. The molecule has 108 valence electrons. The number of benzene rings is 1. The lowest BCUT2D eigenvalue weighted by Crippen LogP contribution is -2.00. The van der Waals surface area contributed by atoms with Gasteiger partial charge in [0, 0.05) is 18.2 Å². The number of rotatable bonds is 4. The number of anilines is 1. The van der Waals surface area contributed by atoms with Crippen LogP contribution >= 0.6 is 0 Å². The average molecular weight is 283 g/mol. The van der Waals surface area contributed by atoms with Crippen molar-refractivity contribution in [2.75, 3.05) is 20.0 Å². The van der Waals surface area contributed by atoms with E-state index in [2.05, 4.69) is 5.10 Å². The first-order valence-electron chi connectivity index (χ1n) is 5.81. The van der Waals surface area contributed by atoms with Gasteiger partial charge >= 0.3 is 0 Å². The predicted molar refractivity (Wildman–Crippen MR) is 71.1 cm³/mol. The third kappa shape index (κ3) is 2.26. The van der Waals surface area contributed by atoms with Crippen LogP contribution in [-0.4, -0.2) is 24.0 Å². The molecule has 0 bridgehead atoms. The molecular formula is C13H15F2N3O2. The SMILES string of the molecule is COc1cc(-c2cnn(C)c2N)c(C(F)F)cc1OC. The first-order chi connectivity index (χ1) is 9.49. The molecule has 5 nitrogen and oxygen atoms in total. The quantitative estimate of drug-likeness (QED) is 0.937. The highest BCUT2D eigenvalue weighted by Gasteiger charge is 2.21. The Morgan fingerprint density at radius 1 is 1.15 bits per heavy atom. The largest absolute Gasteiger partial charge is 0.493 e. The Morgan fingerprint density at radius 3 is 2.20 bits per heavy atom. The van der Waals surface area contributed by atoms with Gasteiger partial charge in [-0.25, -0.2) is 8.78 Å². The Labute approximate surface area is 114 Å². The number of aryl methyl sites for hydroxylation is 1. The fourth-order valence-corrected chi connectivity index (χ4v) is 1.96. The van der Waals surface area contributed by atoms with E-state index in [4.69, 9.17) is 15.2 Å². The number of halogens is 2. The third-order valence-electron chi connectivity index (χ3n) is 3.07. The second-order valence-corrected chi connectivity index (χ2v) is 4.16. The summed E-state index contributed by atoms with van der Waals surface area (Å²) in [5.41, 5.74) is 6.39. The van der Waals surface area contributed by atoms with Gasteiger partial charge in [-0.2, -0.15) is 5.10 Å². The minimum Gasteiger partial charge on any atom is -0.493 e. The van der Waals surface area contributed by atoms with Crippen molar-refractivity contribution < 1.29 is 18.3 Å². The van der Waals surface area contributed by atoms with Gasteiger partial charge in [-0.15, -0.1) is 0 Å². The second kappa shape index (κ2) is 5.36. The molecule has 0 radical (unpaired) electrons. The number of alkyl halides is 2. The summed E-state index contributed by atoms with van der Waals surface area (Å²) >= 11 is 0. The molecule has 7 heteroatoms. The minimum absolute atomic E-state index is 0.178. The number of methoxy groups -OCH3 is 2. The molecule has 20 heavy (non-hydrogen) atoms. The van der Waals surface area contributed by atoms with Crippen LogP contribution in [0.15, 0.2) is 18.3 Å². The standard InChI is InChI=1S/C13H15F2N3O2/c1-18-13(16)9(6-17-18)7-4-10(19-2)11(20-3)5-8(7)12(14)15/h4-6,12H,16H2,1-3H3. The molecule has 1 heterocycles. The molecular weight excluding hydrogens is 268 g/mol. The lowest BCUT2D eigenvalue weighted by atomic mass is 10.0. The van der Waals surface area contributed by atoms with Gasteiger partial charge in [0.2, 0.25) is 0 Å². The van der Waals surface area contributed by atoms with Crippen LogP contribution in [0.1, 0.15) is 12.0 Å². The number of hydrogen-bond donors (Lipinski definition) is 1. The zero-order valence-electron chi connectivity index (χ0n) is 11.4. The molecule has 0 saturated heterocycles. The highest BCUT2D eigenvalue weighted by atomic mass is 19.3. The van der Waals surface area contributed by atoms with Crippen LogP contribution in [0.4, 0.5) is 14.6 Å². The molecule has 0 unspecified atom stereocenters. The first kappa shape index (κ1) is 14.1. The summed E-state index contributed by atoms with van der Waals surface area (Å²) in [6.45, 7) is 0. The normalized spacial score (nSPS) is 10.9. The number of nitrogens with zero attached hydrogens (tertiary/aromatic N) is 2. The average Bonchev–Trinajstić information content (AvgIpc) is 2.77. The van der Waals surface area contributed by atoms with Crippen molar-refractivity contribution in [2.45, 2.75) is 6.43 Å². The van der Waals surface area contributed by atoms with E-state index in [1.165, 1.54) is 37.2 Å². The summed E-state index contributed by atoms with van der Waals surface area (Å²) in [5.74, 6) is 0.906. The molecule has 1 aromatic carbocycles. The number of nitrogen functional groups attached to an aromatic ring is 1. The van der Waals surface area contributed by atoms with Crippen molar-refractivity contribution >= 4 is 5.82 Å². The zero-order chi connectivity index (χ0) is 14.9. The van der Waals surface area contributed by atoms with Crippen LogP contribution in [0.2, 0.25) is 0 Å². The van der Waals surface area contributed by atoms with Gasteiger partial charge < -0.3 is 15.2 Å². The molecule has 0 saturated carbocycles. The van der Waals surface area contributed by atoms with E-state index >= 15 is 0 Å². The number of ether oxygens (including phenoxy) is 2. The lowest BCUT2D eigenvalue weighted by Gasteiger charge is -2.14. The molecule has 0 aliphatic rings. The molecule has 2 aromatic rings. The van der Waals surface area contributed by atoms with Gasteiger partial charge in [0.1, 0.15) is 5.82 Å². The van der Waals surface area contributed by atoms with Gasteiger partial charge in [0.05, 0.1) is 20.4 Å². The summed E-state index contributed by atoms with van der Waals surface area (Å²) in [6, 6.07) is 2.74. The van der Waals surface area contributed by atoms with Gasteiger partial charge in [-0.1, -0.05) is 0 Å². The van der Waals surface area contributed by atoms with E-state index < -0.39 is 6.43 Å². The smallest absolute Gasteiger partial charge is 0.264 e. The molecule has 0 spiro atoms. The van der Waals surface area contributed by atoms with Crippen LogP contribution in [-0.2, 0) is 7.05 Å². The van der Waals surface area contributed by atoms with E-state index in [0.29, 0.717) is 17.1 Å². The topological polar surface area (TPSA) is 62.3 Å². The zero-order valence-corrected chi connectivity index (χ0v) is 11.4. The van der Waals surface area contributed by atoms with Crippen LogP contribution in [0.3, 0.4) is 0 Å². The van der Waals surface area contributed by atoms with E-state index in [0.717, 1.165) is 0 Å². The van der Waals surface area contributed by atoms with Crippen LogP contribution in [0, 0.1) is 0 Å². The van der Waals surface area contributed by atoms with E-state index in [1.54, 1.807) is 7.05 Å². The van der Waals surface area contributed by atoms with Crippen molar-refractivity contribution in [3.05, 3.63) is 23.9 Å². The predicted octanol–water partition coefficient (Wildman–Crippen LogP) is 2.62. The van der Waals surface area contributed by atoms with Crippen LogP contribution in [0.25, 0.3) is 11.1 Å². The maximum Gasteiger partial charge on any atom is 0.264 e. The van der Waals surface area contributed by atoms with Crippen molar-refractivity contribution in [1.82, 2.24) is 9.78 Å². The second-order valence-electron chi connectivity index (χ2n) is 4.16. The molecule has 0 amide bonds. The summed E-state index contributed by atoms with van der Waals surface area (Å²) in [7, 11) is 4.48. The molecule has 1 aromatic heterocycles. The van der Waals surface area contributed by atoms with Crippen molar-refractivity contribution in [3.63, 3.8) is 0 Å². The minimum atomic E-state index is -2.66. The Kier molecular flexibility index (Phi) is 3.78. The highest BCUT2D eigenvalue weighted by molar-refractivity contribution is 5.78. The molecule has 0 aliphatic carbocycles. The van der Waals surface area contributed by atoms with Crippen molar-refractivity contribution in [2.24, 2.45) is 7.05 Å². The third-order valence-corrected chi connectivity index (χ3v) is 3.07. The summed E-state index contributed by atoms with van der Waals surface area (Å²) in [5, 5.41) is 3.97. The maximum atomic E-state index is 13.2. The molecule has 0 fully saturated rings. The Balaban J connectivity index is 2.70. The van der Waals surface area contributed by atoms with E-state index in [9.17, 15) is 8.78 Å². The highest BCUT2D eigenvalue weighted by Crippen LogP contribution is 2.41. The van der Waals surface area contributed by atoms with Crippen molar-refractivity contribution in [3.8, 4) is 22.6 Å². The number of hydrogen-bond acceptors (Lipinski definition) is 4. The van der Waals surface area contributed by atoms with Crippen LogP contribution in [0.5, 0.6) is 11.5 Å².